The quantitative estimate of drug-likeness (QED) is 0.800. The highest BCUT2D eigenvalue weighted by atomic mass is 16.5. The highest BCUT2D eigenvalue weighted by Crippen LogP contribution is 2.39. The van der Waals surface area contributed by atoms with E-state index < -0.39 is 0 Å². The number of ether oxygens (including phenoxy) is 3. The third-order valence-electron chi connectivity index (χ3n) is 4.36. The molecule has 1 aliphatic rings. The smallest absolute Gasteiger partial charge is 0.259 e. The molecular weight excluding hydrogens is 348 g/mol. The van der Waals surface area contributed by atoms with Crippen molar-refractivity contribution in [2.75, 3.05) is 49.7 Å². The number of hydrogen-bond donors (Lipinski definition) is 1. The molecule has 0 bridgehead atoms. The van der Waals surface area contributed by atoms with Gasteiger partial charge in [0.05, 0.1) is 49.6 Å². The first kappa shape index (κ1) is 19.1. The summed E-state index contributed by atoms with van der Waals surface area (Å²) in [5.74, 6) is 1.64. The van der Waals surface area contributed by atoms with Gasteiger partial charge in [0.15, 0.2) is 0 Å². The van der Waals surface area contributed by atoms with Crippen LogP contribution in [0.3, 0.4) is 0 Å². The van der Waals surface area contributed by atoms with Gasteiger partial charge in [-0.15, -0.1) is 0 Å². The average Bonchev–Trinajstić information content (AvgIpc) is 3.11. The molecule has 146 valence electrons. The summed E-state index contributed by atoms with van der Waals surface area (Å²) in [7, 11) is 0. The molecule has 0 aliphatic carbocycles. The molecule has 1 N–H and O–H groups in total. The zero-order valence-electron chi connectivity index (χ0n) is 16.0. The molecule has 0 saturated carbocycles. The van der Waals surface area contributed by atoms with E-state index in [0.29, 0.717) is 54.9 Å². The lowest BCUT2D eigenvalue weighted by atomic mass is 10.2. The van der Waals surface area contributed by atoms with E-state index >= 15 is 0 Å². The van der Waals surface area contributed by atoms with Gasteiger partial charge in [-0.1, -0.05) is 0 Å². The molecule has 1 saturated heterocycles. The molecule has 0 spiro atoms. The van der Waals surface area contributed by atoms with Gasteiger partial charge in [-0.05, 0) is 26.8 Å². The van der Waals surface area contributed by atoms with Crippen LogP contribution in [-0.4, -0.2) is 45.4 Å². The van der Waals surface area contributed by atoms with Crippen molar-refractivity contribution in [2.24, 2.45) is 0 Å². The molecule has 1 aromatic carbocycles. The van der Waals surface area contributed by atoms with Crippen LogP contribution >= 0.6 is 0 Å². The van der Waals surface area contributed by atoms with Crippen molar-refractivity contribution in [1.82, 2.24) is 0 Å². The lowest BCUT2D eigenvalue weighted by molar-refractivity contribution is 0.102. The molecular formula is C20H26N2O5. The molecule has 1 aliphatic heterocycles. The van der Waals surface area contributed by atoms with Gasteiger partial charge < -0.3 is 28.8 Å². The number of anilines is 2. The Morgan fingerprint density at radius 2 is 1.85 bits per heavy atom. The predicted octanol–water partition coefficient (Wildman–Crippen LogP) is 3.47. The van der Waals surface area contributed by atoms with E-state index in [1.54, 1.807) is 13.0 Å². The zero-order chi connectivity index (χ0) is 19.2. The van der Waals surface area contributed by atoms with Crippen LogP contribution in [0.1, 0.15) is 30.0 Å². The molecule has 7 heteroatoms. The number of hydrogen-bond acceptors (Lipinski definition) is 6. The molecule has 2 heterocycles. The standard InChI is InChI=1S/C20H26N2O5/c1-4-25-18-13-17(22-7-10-24-11-8-22)19(26-5-2)12-16(18)21-20(23)15-6-9-27-14(15)3/h6,9,12-13H,4-5,7-8,10-11H2,1-3H3,(H,21,23). The van der Waals surface area contributed by atoms with Gasteiger partial charge >= 0.3 is 0 Å². The second-order valence-corrected chi connectivity index (χ2v) is 6.13. The van der Waals surface area contributed by atoms with Gasteiger partial charge in [0, 0.05) is 25.2 Å². The number of morpholine rings is 1. The first-order valence-corrected chi connectivity index (χ1v) is 9.25. The maximum absolute atomic E-state index is 12.6. The Morgan fingerprint density at radius 3 is 2.48 bits per heavy atom. The summed E-state index contributed by atoms with van der Waals surface area (Å²) in [6.07, 6.45) is 1.50. The Kier molecular flexibility index (Phi) is 6.24. The van der Waals surface area contributed by atoms with Gasteiger partial charge in [0.2, 0.25) is 0 Å². The van der Waals surface area contributed by atoms with Crippen LogP contribution in [-0.2, 0) is 4.74 Å². The number of carbonyl (C=O) groups is 1. The Labute approximate surface area is 159 Å². The van der Waals surface area contributed by atoms with Crippen molar-refractivity contribution >= 4 is 17.3 Å². The van der Waals surface area contributed by atoms with E-state index in [0.717, 1.165) is 18.8 Å². The third kappa shape index (κ3) is 4.36. The molecule has 0 unspecified atom stereocenters. The van der Waals surface area contributed by atoms with E-state index in [-0.39, 0.29) is 5.91 Å². The summed E-state index contributed by atoms with van der Waals surface area (Å²) >= 11 is 0. The topological polar surface area (TPSA) is 73.2 Å². The number of nitrogens with zero attached hydrogens (tertiary/aromatic N) is 1. The van der Waals surface area contributed by atoms with Crippen molar-refractivity contribution in [1.29, 1.82) is 0 Å². The fourth-order valence-corrected chi connectivity index (χ4v) is 3.05. The zero-order valence-corrected chi connectivity index (χ0v) is 16.0. The number of benzene rings is 1. The monoisotopic (exact) mass is 374 g/mol. The largest absolute Gasteiger partial charge is 0.492 e. The molecule has 7 nitrogen and oxygen atoms in total. The van der Waals surface area contributed by atoms with Gasteiger partial charge in [-0.2, -0.15) is 0 Å². The minimum absolute atomic E-state index is 0.247. The highest BCUT2D eigenvalue weighted by molar-refractivity contribution is 6.06. The minimum atomic E-state index is -0.247. The maximum Gasteiger partial charge on any atom is 0.259 e. The molecule has 1 fully saturated rings. The number of aryl methyl sites for hydroxylation is 1. The summed E-state index contributed by atoms with van der Waals surface area (Å²) in [5.41, 5.74) is 2.01. The lowest BCUT2D eigenvalue weighted by Crippen LogP contribution is -2.36. The van der Waals surface area contributed by atoms with E-state index in [9.17, 15) is 4.79 Å². The summed E-state index contributed by atoms with van der Waals surface area (Å²) < 4.78 is 22.3. The summed E-state index contributed by atoms with van der Waals surface area (Å²) in [5, 5.41) is 2.92. The molecule has 3 rings (SSSR count). The van der Waals surface area contributed by atoms with Crippen LogP contribution in [0.2, 0.25) is 0 Å². The number of furan rings is 1. The number of amides is 1. The van der Waals surface area contributed by atoms with Gasteiger partial charge in [0.25, 0.3) is 5.91 Å². The Morgan fingerprint density at radius 1 is 1.15 bits per heavy atom. The van der Waals surface area contributed by atoms with Crippen molar-refractivity contribution in [3.8, 4) is 11.5 Å². The molecule has 1 amide bonds. The van der Waals surface area contributed by atoms with E-state index in [4.69, 9.17) is 18.6 Å². The first-order valence-electron chi connectivity index (χ1n) is 9.25. The summed E-state index contributed by atoms with van der Waals surface area (Å²) in [4.78, 5) is 14.8. The van der Waals surface area contributed by atoms with Crippen LogP contribution in [0.5, 0.6) is 11.5 Å². The second kappa shape index (κ2) is 8.81. The number of nitrogens with one attached hydrogen (secondary N) is 1. The van der Waals surface area contributed by atoms with Crippen LogP contribution < -0.4 is 19.7 Å². The predicted molar refractivity (Wildman–Crippen MR) is 103 cm³/mol. The fraction of sp³-hybridized carbons (Fsp3) is 0.450. The average molecular weight is 374 g/mol. The Balaban J connectivity index is 1.95. The Hall–Kier alpha value is -2.67. The number of carbonyl (C=O) groups excluding carboxylic acids is 1. The molecule has 0 radical (unpaired) electrons. The molecule has 2 aromatic rings. The third-order valence-corrected chi connectivity index (χ3v) is 4.36. The fourth-order valence-electron chi connectivity index (χ4n) is 3.05. The van der Waals surface area contributed by atoms with Crippen LogP contribution in [0.15, 0.2) is 28.9 Å². The van der Waals surface area contributed by atoms with E-state index in [2.05, 4.69) is 10.2 Å². The molecule has 27 heavy (non-hydrogen) atoms. The van der Waals surface area contributed by atoms with Crippen LogP contribution in [0.25, 0.3) is 0 Å². The van der Waals surface area contributed by atoms with E-state index in [1.807, 2.05) is 26.0 Å². The van der Waals surface area contributed by atoms with Crippen molar-refractivity contribution < 1.29 is 23.4 Å². The maximum atomic E-state index is 12.6. The lowest BCUT2D eigenvalue weighted by Gasteiger charge is -2.31. The van der Waals surface area contributed by atoms with Gasteiger partial charge in [-0.25, -0.2) is 0 Å². The second-order valence-electron chi connectivity index (χ2n) is 6.13. The van der Waals surface area contributed by atoms with Crippen molar-refractivity contribution in [3.05, 3.63) is 35.8 Å². The normalized spacial score (nSPS) is 14.1. The summed E-state index contributed by atoms with van der Waals surface area (Å²) in [6, 6.07) is 5.40. The number of rotatable bonds is 7. The molecule has 0 atom stereocenters. The first-order chi connectivity index (χ1) is 13.1. The Bertz CT molecular complexity index is 781. The van der Waals surface area contributed by atoms with Gasteiger partial charge in [-0.3, -0.25) is 4.79 Å². The SMILES string of the molecule is CCOc1cc(N2CCOCC2)c(OCC)cc1NC(=O)c1ccoc1C. The van der Waals surface area contributed by atoms with Crippen LogP contribution in [0.4, 0.5) is 11.4 Å². The minimum Gasteiger partial charge on any atom is -0.492 e. The van der Waals surface area contributed by atoms with Gasteiger partial charge in [0.1, 0.15) is 17.3 Å². The molecule has 1 aromatic heterocycles. The van der Waals surface area contributed by atoms with Crippen LogP contribution in [0, 0.1) is 6.92 Å². The van der Waals surface area contributed by atoms with Crippen molar-refractivity contribution in [2.45, 2.75) is 20.8 Å². The van der Waals surface area contributed by atoms with Crippen molar-refractivity contribution in [3.63, 3.8) is 0 Å². The summed E-state index contributed by atoms with van der Waals surface area (Å²) in [6.45, 7) is 9.54. The highest BCUT2D eigenvalue weighted by Gasteiger charge is 2.21. The van der Waals surface area contributed by atoms with E-state index in [1.165, 1.54) is 6.26 Å².